The molecule has 0 bridgehead atoms. The van der Waals surface area contributed by atoms with Gasteiger partial charge >= 0.3 is 5.97 Å². The highest BCUT2D eigenvalue weighted by Crippen LogP contribution is 2.16. The van der Waals surface area contributed by atoms with Gasteiger partial charge in [0.15, 0.2) is 0 Å². The summed E-state index contributed by atoms with van der Waals surface area (Å²) in [5.74, 6) is -0.709. The van der Waals surface area contributed by atoms with Gasteiger partial charge in [-0.15, -0.1) is 6.58 Å². The van der Waals surface area contributed by atoms with Crippen molar-refractivity contribution in [2.45, 2.75) is 19.4 Å². The second-order valence-electron chi connectivity index (χ2n) is 3.52. The van der Waals surface area contributed by atoms with E-state index < -0.39 is 12.0 Å². The Balaban J connectivity index is 3.01. The number of carboxylic acids is 1. The Labute approximate surface area is 99.4 Å². The topological polar surface area (TPSA) is 86.0 Å². The number of rotatable bonds is 5. The molecule has 17 heavy (non-hydrogen) atoms. The summed E-state index contributed by atoms with van der Waals surface area (Å²) in [4.78, 5) is 14.9. The minimum Gasteiger partial charge on any atom is -0.480 e. The fourth-order valence-corrected chi connectivity index (χ4v) is 1.36. The lowest BCUT2D eigenvalue weighted by Crippen LogP contribution is -2.29. The monoisotopic (exact) mass is 231 g/mol. The van der Waals surface area contributed by atoms with Crippen molar-refractivity contribution in [1.82, 2.24) is 4.98 Å². The number of pyridine rings is 1. The molecule has 0 saturated heterocycles. The van der Waals surface area contributed by atoms with E-state index in [9.17, 15) is 4.79 Å². The van der Waals surface area contributed by atoms with Crippen LogP contribution in [-0.2, 0) is 4.79 Å². The van der Waals surface area contributed by atoms with Crippen LogP contribution in [0.25, 0.3) is 0 Å². The second-order valence-corrected chi connectivity index (χ2v) is 3.52. The van der Waals surface area contributed by atoms with Crippen LogP contribution in [-0.4, -0.2) is 22.1 Å². The summed E-state index contributed by atoms with van der Waals surface area (Å²) >= 11 is 0. The minimum absolute atomic E-state index is 0.260. The molecule has 1 atom stereocenters. The molecular weight excluding hydrogens is 218 g/mol. The highest BCUT2D eigenvalue weighted by Gasteiger charge is 2.18. The summed E-state index contributed by atoms with van der Waals surface area (Å²) < 4.78 is 0. The highest BCUT2D eigenvalue weighted by atomic mass is 16.4. The largest absolute Gasteiger partial charge is 0.480 e. The molecule has 0 spiro atoms. The molecule has 5 heteroatoms. The van der Waals surface area contributed by atoms with Crippen molar-refractivity contribution >= 4 is 11.8 Å². The summed E-state index contributed by atoms with van der Waals surface area (Å²) in [5.41, 5.74) is 1.12. The lowest BCUT2D eigenvalue weighted by atomic mass is 10.1. The average Bonchev–Trinajstić information content (AvgIpc) is 2.28. The van der Waals surface area contributed by atoms with Crippen LogP contribution in [0.1, 0.15) is 17.5 Å². The molecule has 5 nitrogen and oxygen atoms in total. The summed E-state index contributed by atoms with van der Waals surface area (Å²) in [6, 6.07) is 2.88. The highest BCUT2D eigenvalue weighted by molar-refractivity contribution is 5.78. The first-order chi connectivity index (χ1) is 8.10. The van der Waals surface area contributed by atoms with Crippen LogP contribution in [0.2, 0.25) is 0 Å². The molecule has 1 aromatic rings. The zero-order valence-electron chi connectivity index (χ0n) is 9.47. The van der Waals surface area contributed by atoms with E-state index in [1.54, 1.807) is 13.0 Å². The summed E-state index contributed by atoms with van der Waals surface area (Å²) in [6.45, 7) is 5.27. The smallest absolute Gasteiger partial charge is 0.326 e. The molecule has 0 radical (unpaired) electrons. The maximum atomic E-state index is 11.0. The number of aliphatic carboxylic acids is 1. The predicted molar refractivity (Wildman–Crippen MR) is 63.5 cm³/mol. The fourth-order valence-electron chi connectivity index (χ4n) is 1.36. The lowest BCUT2D eigenvalue weighted by molar-refractivity contribution is -0.137. The van der Waals surface area contributed by atoms with E-state index in [2.05, 4.69) is 16.9 Å². The van der Waals surface area contributed by atoms with Crippen LogP contribution in [0.5, 0.6) is 0 Å². The Morgan fingerprint density at radius 3 is 3.06 bits per heavy atom. The molecule has 0 aromatic carbocycles. The molecule has 0 aliphatic rings. The average molecular weight is 231 g/mol. The van der Waals surface area contributed by atoms with Crippen LogP contribution in [0, 0.1) is 18.3 Å². The Morgan fingerprint density at radius 2 is 2.53 bits per heavy atom. The maximum absolute atomic E-state index is 11.0. The quantitative estimate of drug-likeness (QED) is 0.753. The normalized spacial score (nSPS) is 11.3. The summed E-state index contributed by atoms with van der Waals surface area (Å²) in [6.07, 6.45) is 3.30. The standard InChI is InChI=1S/C12H13N3O2/c1-3-4-10(12(16)17)15-11-9(7-13)8(2)5-6-14-11/h3,5-6,10H,1,4H2,2H3,(H,14,15)(H,16,17). The molecule has 0 fully saturated rings. The van der Waals surface area contributed by atoms with Gasteiger partial charge in [0.2, 0.25) is 0 Å². The van der Waals surface area contributed by atoms with Crippen LogP contribution >= 0.6 is 0 Å². The van der Waals surface area contributed by atoms with Gasteiger partial charge in [-0.25, -0.2) is 9.78 Å². The van der Waals surface area contributed by atoms with E-state index in [1.165, 1.54) is 12.3 Å². The summed E-state index contributed by atoms with van der Waals surface area (Å²) in [5, 5.41) is 20.7. The third kappa shape index (κ3) is 3.05. The van der Waals surface area contributed by atoms with Crippen LogP contribution in [0.15, 0.2) is 24.9 Å². The number of hydrogen-bond acceptors (Lipinski definition) is 4. The molecule has 1 heterocycles. The second kappa shape index (κ2) is 5.66. The number of aromatic nitrogens is 1. The van der Waals surface area contributed by atoms with Gasteiger partial charge in [-0.3, -0.25) is 0 Å². The van der Waals surface area contributed by atoms with Crippen molar-refractivity contribution in [3.05, 3.63) is 36.0 Å². The number of nitrogens with zero attached hydrogens (tertiary/aromatic N) is 2. The Bertz CT molecular complexity index is 477. The van der Waals surface area contributed by atoms with Crippen molar-refractivity contribution in [3.63, 3.8) is 0 Å². The van der Waals surface area contributed by atoms with E-state index in [0.717, 1.165) is 5.56 Å². The van der Waals surface area contributed by atoms with Crippen LogP contribution in [0.4, 0.5) is 5.82 Å². The molecule has 0 aliphatic carbocycles. The number of hydrogen-bond donors (Lipinski definition) is 2. The zero-order chi connectivity index (χ0) is 12.8. The minimum atomic E-state index is -1.00. The number of nitriles is 1. The maximum Gasteiger partial charge on any atom is 0.326 e. The van der Waals surface area contributed by atoms with E-state index in [-0.39, 0.29) is 6.42 Å². The Hall–Kier alpha value is -2.35. The van der Waals surface area contributed by atoms with Gasteiger partial charge < -0.3 is 10.4 Å². The summed E-state index contributed by atoms with van der Waals surface area (Å²) in [7, 11) is 0. The van der Waals surface area contributed by atoms with Gasteiger partial charge in [-0.2, -0.15) is 5.26 Å². The van der Waals surface area contributed by atoms with Crippen molar-refractivity contribution < 1.29 is 9.90 Å². The fraction of sp³-hybridized carbons (Fsp3) is 0.250. The predicted octanol–water partition coefficient (Wildman–Crippen LogP) is 1.70. The van der Waals surface area contributed by atoms with Gasteiger partial charge in [-0.05, 0) is 25.0 Å². The number of nitrogens with one attached hydrogen (secondary N) is 1. The molecular formula is C12H13N3O2. The number of anilines is 1. The molecule has 2 N–H and O–H groups in total. The first-order valence-corrected chi connectivity index (χ1v) is 5.06. The number of aryl methyl sites for hydroxylation is 1. The van der Waals surface area contributed by atoms with Crippen molar-refractivity contribution in [3.8, 4) is 6.07 Å². The van der Waals surface area contributed by atoms with Gasteiger partial charge in [-0.1, -0.05) is 6.08 Å². The van der Waals surface area contributed by atoms with Gasteiger partial charge in [0, 0.05) is 6.20 Å². The van der Waals surface area contributed by atoms with Crippen LogP contribution < -0.4 is 5.32 Å². The van der Waals surface area contributed by atoms with Crippen molar-refractivity contribution in [2.75, 3.05) is 5.32 Å². The Kier molecular flexibility index (Phi) is 4.23. The van der Waals surface area contributed by atoms with Crippen molar-refractivity contribution in [2.24, 2.45) is 0 Å². The van der Waals surface area contributed by atoms with Crippen LogP contribution in [0.3, 0.4) is 0 Å². The number of carbonyl (C=O) groups is 1. The molecule has 0 saturated carbocycles. The molecule has 0 amide bonds. The third-order valence-electron chi connectivity index (χ3n) is 2.28. The molecule has 88 valence electrons. The van der Waals surface area contributed by atoms with E-state index in [1.807, 2.05) is 6.07 Å². The van der Waals surface area contributed by atoms with E-state index in [4.69, 9.17) is 10.4 Å². The van der Waals surface area contributed by atoms with Gasteiger partial charge in [0.1, 0.15) is 17.9 Å². The Morgan fingerprint density at radius 1 is 1.82 bits per heavy atom. The van der Waals surface area contributed by atoms with Gasteiger partial charge in [0.05, 0.1) is 5.56 Å². The first-order valence-electron chi connectivity index (χ1n) is 5.06. The first kappa shape index (κ1) is 12.7. The van der Waals surface area contributed by atoms with Gasteiger partial charge in [0.25, 0.3) is 0 Å². The molecule has 1 unspecified atom stereocenters. The van der Waals surface area contributed by atoms with E-state index in [0.29, 0.717) is 11.4 Å². The molecule has 1 aromatic heterocycles. The van der Waals surface area contributed by atoms with Crippen molar-refractivity contribution in [1.29, 1.82) is 5.26 Å². The third-order valence-corrected chi connectivity index (χ3v) is 2.28. The number of carboxylic acid groups (broad SMARTS) is 1. The zero-order valence-corrected chi connectivity index (χ0v) is 9.47. The van der Waals surface area contributed by atoms with E-state index >= 15 is 0 Å². The lowest BCUT2D eigenvalue weighted by Gasteiger charge is -2.14. The molecule has 1 rings (SSSR count). The SMILES string of the molecule is C=CCC(Nc1nccc(C)c1C#N)C(=O)O. The molecule has 0 aliphatic heterocycles.